The molecule has 0 saturated carbocycles. The van der Waals surface area contributed by atoms with Crippen LogP contribution in [0.4, 0.5) is 4.39 Å². The molecule has 1 amide bonds. The number of halogens is 1. The lowest BCUT2D eigenvalue weighted by Crippen LogP contribution is -2.34. The highest BCUT2D eigenvalue weighted by Gasteiger charge is 2.33. The minimum absolute atomic E-state index is 0.0348. The monoisotopic (exact) mass is 462 g/mol. The first kappa shape index (κ1) is 24.1. The largest absolute Gasteiger partial charge is 0.390 e. The lowest BCUT2D eigenvalue weighted by molar-refractivity contribution is 0.0854. The highest BCUT2D eigenvalue weighted by Crippen LogP contribution is 2.33. The van der Waals surface area contributed by atoms with Crippen molar-refractivity contribution in [2.45, 2.75) is 38.5 Å². The summed E-state index contributed by atoms with van der Waals surface area (Å²) < 4.78 is 20.2. The Morgan fingerprint density at radius 3 is 2.68 bits per heavy atom. The molecule has 3 N–H and O–H groups in total. The van der Waals surface area contributed by atoms with Crippen molar-refractivity contribution in [3.8, 4) is 11.1 Å². The van der Waals surface area contributed by atoms with E-state index in [1.165, 1.54) is 12.1 Å². The lowest BCUT2D eigenvalue weighted by atomic mass is 10.0. The molecule has 0 unspecified atom stereocenters. The second-order valence-corrected chi connectivity index (χ2v) is 8.54. The number of rotatable bonds is 10. The summed E-state index contributed by atoms with van der Waals surface area (Å²) in [5, 5.41) is 16.9. The van der Waals surface area contributed by atoms with Gasteiger partial charge in [0.25, 0.3) is 5.91 Å². The van der Waals surface area contributed by atoms with Crippen LogP contribution in [0.3, 0.4) is 0 Å². The van der Waals surface area contributed by atoms with E-state index in [2.05, 4.69) is 10.6 Å². The molecule has 0 aromatic heterocycles. The van der Waals surface area contributed by atoms with Crippen molar-refractivity contribution in [2.75, 3.05) is 19.8 Å². The van der Waals surface area contributed by atoms with Gasteiger partial charge in [-0.1, -0.05) is 54.6 Å². The Bertz CT molecular complexity index is 1120. The van der Waals surface area contributed by atoms with Gasteiger partial charge in [0.2, 0.25) is 0 Å². The summed E-state index contributed by atoms with van der Waals surface area (Å²) in [7, 11) is 0. The van der Waals surface area contributed by atoms with E-state index in [1.807, 2.05) is 55.5 Å². The van der Waals surface area contributed by atoms with Crippen molar-refractivity contribution in [1.82, 2.24) is 10.6 Å². The van der Waals surface area contributed by atoms with Crippen LogP contribution in [0.1, 0.15) is 46.4 Å². The van der Waals surface area contributed by atoms with Crippen LogP contribution in [-0.2, 0) is 17.7 Å². The quantitative estimate of drug-likeness (QED) is 0.391. The third-order valence-electron chi connectivity index (χ3n) is 6.14. The molecular formula is C28H31FN2O3. The van der Waals surface area contributed by atoms with Gasteiger partial charge in [0.15, 0.2) is 0 Å². The lowest BCUT2D eigenvalue weighted by Gasteiger charge is -2.19. The molecule has 4 rings (SSSR count). The van der Waals surface area contributed by atoms with E-state index in [-0.39, 0.29) is 5.56 Å². The maximum atomic E-state index is 14.8. The van der Waals surface area contributed by atoms with E-state index in [1.54, 1.807) is 6.07 Å². The number of carbonyl (C=O) groups excluding carboxylic acids is 1. The number of fused-ring (bicyclic) bond motifs is 1. The zero-order chi connectivity index (χ0) is 23.9. The normalized spacial score (nSPS) is 16.9. The Morgan fingerprint density at radius 2 is 1.91 bits per heavy atom. The highest BCUT2D eigenvalue weighted by atomic mass is 19.1. The summed E-state index contributed by atoms with van der Waals surface area (Å²) in [6.45, 7) is 4.97. The maximum absolute atomic E-state index is 14.8. The number of aliphatic hydroxyl groups is 1. The van der Waals surface area contributed by atoms with Crippen LogP contribution in [0.25, 0.3) is 11.1 Å². The molecule has 1 aliphatic carbocycles. The van der Waals surface area contributed by atoms with Crippen molar-refractivity contribution in [2.24, 2.45) is 0 Å². The summed E-state index contributed by atoms with van der Waals surface area (Å²) in [6, 6.07) is 19.5. The fourth-order valence-corrected chi connectivity index (χ4v) is 4.36. The van der Waals surface area contributed by atoms with Crippen molar-refractivity contribution in [1.29, 1.82) is 0 Å². The molecule has 2 atom stereocenters. The summed E-state index contributed by atoms with van der Waals surface area (Å²) >= 11 is 0. The van der Waals surface area contributed by atoms with Gasteiger partial charge in [0, 0.05) is 26.2 Å². The molecule has 0 heterocycles. The molecule has 0 aliphatic heterocycles. The van der Waals surface area contributed by atoms with Crippen molar-refractivity contribution >= 4 is 5.91 Å². The molecule has 3 aromatic rings. The summed E-state index contributed by atoms with van der Waals surface area (Å²) in [5.41, 5.74) is 4.51. The summed E-state index contributed by atoms with van der Waals surface area (Å²) in [6.07, 6.45) is 0.641. The van der Waals surface area contributed by atoms with E-state index < -0.39 is 23.9 Å². The third kappa shape index (κ3) is 5.70. The van der Waals surface area contributed by atoms with Gasteiger partial charge in [0.1, 0.15) is 5.82 Å². The van der Waals surface area contributed by atoms with Crippen LogP contribution in [0.5, 0.6) is 0 Å². The predicted octanol–water partition coefficient (Wildman–Crippen LogP) is 4.40. The molecule has 34 heavy (non-hydrogen) atoms. The average Bonchev–Trinajstić information content (AvgIpc) is 3.16. The second kappa shape index (κ2) is 11.4. The summed E-state index contributed by atoms with van der Waals surface area (Å²) in [4.78, 5) is 12.9. The molecule has 0 bridgehead atoms. The minimum Gasteiger partial charge on any atom is -0.390 e. The van der Waals surface area contributed by atoms with Gasteiger partial charge in [-0.25, -0.2) is 4.39 Å². The average molecular weight is 463 g/mol. The number of nitrogens with one attached hydrogen (secondary N) is 2. The van der Waals surface area contributed by atoms with Gasteiger partial charge in [0.05, 0.1) is 17.7 Å². The first-order valence-electron chi connectivity index (χ1n) is 11.8. The van der Waals surface area contributed by atoms with Crippen LogP contribution in [0, 0.1) is 5.82 Å². The van der Waals surface area contributed by atoms with Gasteiger partial charge in [-0.3, -0.25) is 4.79 Å². The standard InChI is InChI=1S/C28H31FN2O3/c1-2-34-14-6-13-30-18-19-9-10-22-17-26(32)27(24(22)15-19)31-28(33)23-12-11-21(16-25(23)29)20-7-4-3-5-8-20/h3-5,7-12,15-16,26-27,30,32H,2,6,13-14,17-18H2,1H3,(H,31,33)/t26-,27-/m1/s1. The Balaban J connectivity index is 1.43. The number of aliphatic hydroxyl groups excluding tert-OH is 1. The molecule has 0 saturated heterocycles. The first-order chi connectivity index (χ1) is 16.6. The van der Waals surface area contributed by atoms with E-state index in [0.717, 1.165) is 48.4 Å². The molecular weight excluding hydrogens is 431 g/mol. The van der Waals surface area contributed by atoms with Crippen molar-refractivity contribution in [3.63, 3.8) is 0 Å². The number of carbonyl (C=O) groups is 1. The van der Waals surface area contributed by atoms with Crippen molar-refractivity contribution in [3.05, 3.63) is 94.8 Å². The smallest absolute Gasteiger partial charge is 0.254 e. The molecule has 0 fully saturated rings. The Labute approximate surface area is 200 Å². The molecule has 6 heteroatoms. The minimum atomic E-state index is -0.750. The van der Waals surface area contributed by atoms with Gasteiger partial charge in [-0.15, -0.1) is 0 Å². The predicted molar refractivity (Wildman–Crippen MR) is 131 cm³/mol. The van der Waals surface area contributed by atoms with Gasteiger partial charge < -0.3 is 20.5 Å². The topological polar surface area (TPSA) is 70.6 Å². The zero-order valence-corrected chi connectivity index (χ0v) is 19.4. The Morgan fingerprint density at radius 1 is 1.09 bits per heavy atom. The number of amides is 1. The van der Waals surface area contributed by atoms with Crippen LogP contribution < -0.4 is 10.6 Å². The van der Waals surface area contributed by atoms with Gasteiger partial charge in [-0.05, 0) is 59.8 Å². The molecule has 3 aromatic carbocycles. The van der Waals surface area contributed by atoms with Crippen LogP contribution in [0.15, 0.2) is 66.7 Å². The number of hydrogen-bond donors (Lipinski definition) is 3. The maximum Gasteiger partial charge on any atom is 0.254 e. The molecule has 178 valence electrons. The van der Waals surface area contributed by atoms with E-state index >= 15 is 0 Å². The molecule has 0 spiro atoms. The third-order valence-corrected chi connectivity index (χ3v) is 6.14. The zero-order valence-electron chi connectivity index (χ0n) is 19.4. The first-order valence-corrected chi connectivity index (χ1v) is 11.8. The number of ether oxygens (including phenoxy) is 1. The Hall–Kier alpha value is -3.06. The number of benzene rings is 3. The van der Waals surface area contributed by atoms with Crippen LogP contribution in [0.2, 0.25) is 0 Å². The van der Waals surface area contributed by atoms with E-state index in [9.17, 15) is 14.3 Å². The fourth-order valence-electron chi connectivity index (χ4n) is 4.36. The molecule has 0 radical (unpaired) electrons. The number of hydrogen-bond acceptors (Lipinski definition) is 4. The molecule has 1 aliphatic rings. The van der Waals surface area contributed by atoms with E-state index in [0.29, 0.717) is 18.5 Å². The highest BCUT2D eigenvalue weighted by molar-refractivity contribution is 5.95. The molecule has 5 nitrogen and oxygen atoms in total. The van der Waals surface area contributed by atoms with Crippen LogP contribution >= 0.6 is 0 Å². The van der Waals surface area contributed by atoms with E-state index in [4.69, 9.17) is 4.74 Å². The Kier molecular flexibility index (Phi) is 8.06. The summed E-state index contributed by atoms with van der Waals surface area (Å²) in [5.74, 6) is -1.12. The SMILES string of the molecule is CCOCCCNCc1ccc2c(c1)[C@@H](NC(=O)c1ccc(-c3ccccc3)cc1F)[C@H](O)C2. The fraction of sp³-hybridized carbons (Fsp3) is 0.321. The van der Waals surface area contributed by atoms with Crippen molar-refractivity contribution < 1.29 is 19.0 Å². The van der Waals surface area contributed by atoms with Gasteiger partial charge in [-0.2, -0.15) is 0 Å². The van der Waals surface area contributed by atoms with Gasteiger partial charge >= 0.3 is 0 Å². The van der Waals surface area contributed by atoms with Crippen LogP contribution in [-0.4, -0.2) is 36.9 Å². The second-order valence-electron chi connectivity index (χ2n) is 8.54.